The van der Waals surface area contributed by atoms with E-state index in [1.807, 2.05) is 33.8 Å². The number of hydrogen-bond acceptors (Lipinski definition) is 10. The van der Waals surface area contributed by atoms with Gasteiger partial charge in [-0.05, 0) is 43.4 Å². The molecule has 3 N–H and O–H groups in total. The Balaban J connectivity index is 1.50. The van der Waals surface area contributed by atoms with Gasteiger partial charge in [-0.15, -0.1) is 0 Å². The molecule has 2 aromatic heterocycles. The third-order valence-electron chi connectivity index (χ3n) is 9.30. The Hall–Kier alpha value is -4.06. The quantitative estimate of drug-likeness (QED) is 0.221. The first kappa shape index (κ1) is 32.5. The maximum Gasteiger partial charge on any atom is 0.410 e. The van der Waals surface area contributed by atoms with Gasteiger partial charge in [0.1, 0.15) is 48.2 Å². The van der Waals surface area contributed by atoms with Crippen molar-refractivity contribution >= 4 is 55.8 Å². The van der Waals surface area contributed by atoms with E-state index in [0.717, 1.165) is 19.4 Å². The highest BCUT2D eigenvalue weighted by atomic mass is 35.5. The van der Waals surface area contributed by atoms with E-state index >= 15 is 8.78 Å². The Morgan fingerprint density at radius 3 is 2.79 bits per heavy atom. The number of rotatable bonds is 5. The lowest BCUT2D eigenvalue weighted by Crippen LogP contribution is -2.43. The molecule has 0 saturated carbocycles. The Morgan fingerprint density at radius 1 is 1.31 bits per heavy atom. The van der Waals surface area contributed by atoms with Crippen LogP contribution in [0.2, 0.25) is 5.02 Å². The molecule has 0 unspecified atom stereocenters. The number of halogens is 4. The van der Waals surface area contributed by atoms with Gasteiger partial charge >= 0.3 is 12.1 Å². The number of nitrogens with two attached hydrogens (primary N) is 1. The maximum absolute atomic E-state index is 17.4. The SMILES string of the molecule is C[C@H]1COc2c(Cl)c(-c3c(C(C)(C)C)cc(F)c4sc(OC(N)=O)c(C#N)c34)c(F)c3nc(OC[C@@]45CCCN4C[C@H](F)C5)nc(c23)N1. The van der Waals surface area contributed by atoms with Crippen LogP contribution in [0, 0.1) is 23.0 Å². The van der Waals surface area contributed by atoms with E-state index < -0.39 is 34.9 Å². The average molecular weight is 701 g/mol. The van der Waals surface area contributed by atoms with Gasteiger partial charge in [-0.2, -0.15) is 15.2 Å². The lowest BCUT2D eigenvalue weighted by Gasteiger charge is -2.30. The second kappa shape index (κ2) is 11.5. The van der Waals surface area contributed by atoms with Crippen molar-refractivity contribution in [3.05, 3.63) is 33.9 Å². The van der Waals surface area contributed by atoms with Crippen molar-refractivity contribution in [3.8, 4) is 34.0 Å². The van der Waals surface area contributed by atoms with E-state index in [-0.39, 0.29) is 84.6 Å². The normalized spacial score (nSPS) is 22.2. The molecule has 5 heterocycles. The number of carbonyl (C=O) groups excluding carboxylic acids is 1. The number of benzene rings is 2. The third-order valence-corrected chi connectivity index (χ3v) is 10.7. The average Bonchev–Trinajstić information content (AvgIpc) is 3.62. The van der Waals surface area contributed by atoms with Gasteiger partial charge in [0.2, 0.25) is 5.06 Å². The summed E-state index contributed by atoms with van der Waals surface area (Å²) in [5, 5.41) is 13.3. The van der Waals surface area contributed by atoms with Crippen molar-refractivity contribution in [3.63, 3.8) is 0 Å². The van der Waals surface area contributed by atoms with Crippen LogP contribution in [0.4, 0.5) is 23.8 Å². The highest BCUT2D eigenvalue weighted by molar-refractivity contribution is 7.21. The number of anilines is 1. The lowest BCUT2D eigenvalue weighted by molar-refractivity contribution is 0.107. The number of thiophene rings is 1. The molecule has 4 aromatic rings. The fourth-order valence-corrected chi connectivity index (χ4v) is 8.59. The summed E-state index contributed by atoms with van der Waals surface area (Å²) in [5.74, 6) is -1.25. The molecule has 48 heavy (non-hydrogen) atoms. The van der Waals surface area contributed by atoms with Crippen molar-refractivity contribution in [1.29, 1.82) is 5.26 Å². The van der Waals surface area contributed by atoms with Crippen LogP contribution in [-0.4, -0.2) is 65.0 Å². The highest BCUT2D eigenvalue weighted by Crippen LogP contribution is 2.53. The predicted molar refractivity (Wildman–Crippen MR) is 176 cm³/mol. The smallest absolute Gasteiger partial charge is 0.410 e. The summed E-state index contributed by atoms with van der Waals surface area (Å²) in [6.45, 7) is 8.64. The third kappa shape index (κ3) is 5.14. The first-order chi connectivity index (χ1) is 22.7. The van der Waals surface area contributed by atoms with Crippen LogP contribution in [0.15, 0.2) is 6.07 Å². The second-order valence-electron chi connectivity index (χ2n) is 13.7. The Kier molecular flexibility index (Phi) is 7.80. The monoisotopic (exact) mass is 700 g/mol. The lowest BCUT2D eigenvalue weighted by atomic mass is 9.79. The number of hydrogen-bond donors (Lipinski definition) is 2. The van der Waals surface area contributed by atoms with Crippen molar-refractivity contribution in [2.24, 2.45) is 5.73 Å². The topological polar surface area (TPSA) is 136 Å². The molecule has 0 spiro atoms. The fraction of sp³-hybridized carbons (Fsp3) is 0.455. The Labute approximate surface area is 282 Å². The van der Waals surface area contributed by atoms with Crippen LogP contribution >= 0.6 is 22.9 Å². The Morgan fingerprint density at radius 2 is 2.08 bits per heavy atom. The van der Waals surface area contributed by atoms with Crippen LogP contribution in [-0.2, 0) is 5.41 Å². The number of nitrogens with zero attached hydrogens (tertiary/aromatic N) is 4. The molecular weight excluding hydrogens is 669 g/mol. The first-order valence-electron chi connectivity index (χ1n) is 15.5. The molecular formula is C33H32ClF3N6O4S. The zero-order chi connectivity index (χ0) is 34.3. The van der Waals surface area contributed by atoms with E-state index in [0.29, 0.717) is 29.9 Å². The number of carbonyl (C=O) groups is 1. The van der Waals surface area contributed by atoms with E-state index in [1.165, 1.54) is 6.07 Å². The number of aromatic nitrogens is 2. The molecule has 2 aromatic carbocycles. The summed E-state index contributed by atoms with van der Waals surface area (Å²) in [4.78, 5) is 22.9. The standard InChI is InChI=1S/C33H32ClF3N6O4S/c1-14-12-45-26-22-25(41-31(42-28(22)40-14)46-13-33-6-5-7-43(33)11-15(35)9-33)24(37)21(23(26)34)20-17(32(2,3)4)8-18(36)27-19(20)16(10-38)29(48-27)47-30(39)44/h8,14-15H,5-7,9,11-13H2,1-4H3,(H2,39,44)(H,40,41,42)/t14-,15+,33-/m0/s1. The largest absolute Gasteiger partial charge is 0.489 e. The molecule has 0 aliphatic carbocycles. The molecule has 3 atom stereocenters. The molecule has 2 saturated heterocycles. The summed E-state index contributed by atoms with van der Waals surface area (Å²) >= 11 is 7.76. The van der Waals surface area contributed by atoms with Gasteiger partial charge in [-0.1, -0.05) is 43.7 Å². The minimum absolute atomic E-state index is 0.00401. The van der Waals surface area contributed by atoms with E-state index in [4.69, 9.17) is 31.5 Å². The number of amides is 1. The number of nitrogens with one attached hydrogen (secondary N) is 1. The fourth-order valence-electron chi connectivity index (χ4n) is 7.24. The van der Waals surface area contributed by atoms with Crippen LogP contribution in [0.25, 0.3) is 32.1 Å². The molecule has 0 radical (unpaired) electrons. The minimum atomic E-state index is -1.20. The summed E-state index contributed by atoms with van der Waals surface area (Å²) in [5.41, 5.74) is 3.83. The van der Waals surface area contributed by atoms with Gasteiger partial charge in [0, 0.05) is 29.5 Å². The Bertz CT molecular complexity index is 2060. The van der Waals surface area contributed by atoms with Gasteiger partial charge < -0.3 is 25.3 Å². The maximum atomic E-state index is 17.4. The number of ether oxygens (including phenoxy) is 3. The van der Waals surface area contributed by atoms with Crippen molar-refractivity contribution in [2.75, 3.05) is 31.6 Å². The van der Waals surface area contributed by atoms with Gasteiger partial charge in [0.15, 0.2) is 11.6 Å². The molecule has 10 nitrogen and oxygen atoms in total. The molecule has 2 fully saturated rings. The first-order valence-corrected chi connectivity index (χ1v) is 16.7. The minimum Gasteiger partial charge on any atom is -0.489 e. The number of nitriles is 1. The van der Waals surface area contributed by atoms with Gasteiger partial charge in [-0.25, -0.2) is 18.0 Å². The van der Waals surface area contributed by atoms with Gasteiger partial charge in [-0.3, -0.25) is 4.90 Å². The summed E-state index contributed by atoms with van der Waals surface area (Å²) in [6.07, 6.45) is -0.159. The zero-order valence-corrected chi connectivity index (χ0v) is 28.2. The van der Waals surface area contributed by atoms with E-state index in [1.54, 1.807) is 0 Å². The van der Waals surface area contributed by atoms with E-state index in [2.05, 4.69) is 20.2 Å². The highest BCUT2D eigenvalue weighted by Gasteiger charge is 2.49. The van der Waals surface area contributed by atoms with Crippen LogP contribution < -0.4 is 25.3 Å². The molecule has 3 aliphatic rings. The molecule has 252 valence electrons. The van der Waals surface area contributed by atoms with Crippen LogP contribution in [0.3, 0.4) is 0 Å². The van der Waals surface area contributed by atoms with Gasteiger partial charge in [0.25, 0.3) is 0 Å². The van der Waals surface area contributed by atoms with Gasteiger partial charge in [0.05, 0.1) is 26.7 Å². The zero-order valence-electron chi connectivity index (χ0n) is 26.6. The number of fused-ring (bicyclic) bond motifs is 2. The van der Waals surface area contributed by atoms with Crippen molar-refractivity contribution in [2.45, 2.75) is 70.1 Å². The van der Waals surface area contributed by atoms with Crippen LogP contribution in [0.1, 0.15) is 58.1 Å². The molecule has 1 amide bonds. The second-order valence-corrected chi connectivity index (χ2v) is 15.0. The number of alkyl halides is 1. The van der Waals surface area contributed by atoms with Crippen LogP contribution in [0.5, 0.6) is 16.8 Å². The molecule has 15 heteroatoms. The summed E-state index contributed by atoms with van der Waals surface area (Å²) in [7, 11) is 0. The van der Waals surface area contributed by atoms with Crippen molar-refractivity contribution < 1.29 is 32.2 Å². The van der Waals surface area contributed by atoms with Crippen molar-refractivity contribution in [1.82, 2.24) is 14.9 Å². The van der Waals surface area contributed by atoms with E-state index in [9.17, 15) is 14.4 Å². The predicted octanol–water partition coefficient (Wildman–Crippen LogP) is 7.22. The number of primary amides is 1. The molecule has 7 rings (SSSR count). The summed E-state index contributed by atoms with van der Waals surface area (Å²) in [6, 6.07) is 2.84. The summed E-state index contributed by atoms with van der Waals surface area (Å²) < 4.78 is 64.9. The molecule has 0 bridgehead atoms. The molecule has 3 aliphatic heterocycles.